The van der Waals surface area contributed by atoms with Gasteiger partial charge < -0.3 is 15.2 Å². The lowest BCUT2D eigenvalue weighted by Crippen LogP contribution is -2.43. The Bertz CT molecular complexity index is 785. The van der Waals surface area contributed by atoms with Crippen LogP contribution >= 0.6 is 11.8 Å². The molecule has 0 saturated carbocycles. The molecule has 0 bridgehead atoms. The number of Topliss-reactive ketones (excluding diaryl/α,β-unsaturated/α-hetero) is 1. The van der Waals surface area contributed by atoms with E-state index in [4.69, 9.17) is 9.84 Å². The Morgan fingerprint density at radius 1 is 1.23 bits per heavy atom. The standard InChI is InChI=1S/C17H17N3O5S/c1-25-12-5-2-4-11(8-12)16(24)20-13(9-15(22)23)14(21)10-26-17-18-6-3-7-19-17/h2-8,13H,9-10H2,1H3,(H,20,24)(H,22,23)/t13-/m0/s1. The first kappa shape index (κ1) is 19.4. The van der Waals surface area contributed by atoms with E-state index < -0.39 is 30.1 Å². The Labute approximate surface area is 154 Å². The summed E-state index contributed by atoms with van der Waals surface area (Å²) in [5.74, 6) is -1.74. The van der Waals surface area contributed by atoms with E-state index in [1.165, 1.54) is 13.2 Å². The molecule has 0 saturated heterocycles. The second kappa shape index (κ2) is 9.52. The fourth-order valence-corrected chi connectivity index (χ4v) is 2.77. The van der Waals surface area contributed by atoms with Crippen molar-refractivity contribution in [2.24, 2.45) is 0 Å². The van der Waals surface area contributed by atoms with Crippen LogP contribution in [0.2, 0.25) is 0 Å². The van der Waals surface area contributed by atoms with Crippen LogP contribution in [0.3, 0.4) is 0 Å². The largest absolute Gasteiger partial charge is 0.497 e. The number of hydrogen-bond acceptors (Lipinski definition) is 7. The highest BCUT2D eigenvalue weighted by molar-refractivity contribution is 7.99. The Hall–Kier alpha value is -2.94. The zero-order valence-corrected chi connectivity index (χ0v) is 14.7. The first-order valence-corrected chi connectivity index (χ1v) is 8.57. The van der Waals surface area contributed by atoms with Gasteiger partial charge in [0.2, 0.25) is 0 Å². The predicted molar refractivity (Wildman–Crippen MR) is 94.3 cm³/mol. The molecule has 136 valence electrons. The van der Waals surface area contributed by atoms with Crippen molar-refractivity contribution >= 4 is 29.4 Å². The molecule has 0 aliphatic rings. The van der Waals surface area contributed by atoms with Crippen LogP contribution in [0.25, 0.3) is 0 Å². The van der Waals surface area contributed by atoms with Crippen molar-refractivity contribution in [1.82, 2.24) is 15.3 Å². The number of rotatable bonds is 9. The molecule has 8 nitrogen and oxygen atoms in total. The molecule has 1 atom stereocenters. The average molecular weight is 375 g/mol. The van der Waals surface area contributed by atoms with Crippen molar-refractivity contribution in [3.05, 3.63) is 48.3 Å². The number of benzene rings is 1. The molecule has 0 aliphatic heterocycles. The molecule has 0 spiro atoms. The number of nitrogens with one attached hydrogen (secondary N) is 1. The number of aromatic nitrogens is 2. The van der Waals surface area contributed by atoms with Gasteiger partial charge in [-0.05, 0) is 24.3 Å². The molecule has 9 heteroatoms. The number of ether oxygens (including phenoxy) is 1. The number of carbonyl (C=O) groups excluding carboxylic acids is 2. The van der Waals surface area contributed by atoms with E-state index in [1.807, 2.05) is 0 Å². The normalized spacial score (nSPS) is 11.4. The number of nitrogens with zero attached hydrogens (tertiary/aromatic N) is 2. The highest BCUT2D eigenvalue weighted by atomic mass is 32.2. The summed E-state index contributed by atoms with van der Waals surface area (Å²) in [5.41, 5.74) is 0.270. The topological polar surface area (TPSA) is 118 Å². The summed E-state index contributed by atoms with van der Waals surface area (Å²) in [6, 6.07) is 6.85. The Balaban J connectivity index is 2.04. The van der Waals surface area contributed by atoms with Gasteiger partial charge in [0.15, 0.2) is 10.9 Å². The third kappa shape index (κ3) is 5.85. The van der Waals surface area contributed by atoms with Crippen LogP contribution in [0.4, 0.5) is 0 Å². The average Bonchev–Trinajstić information content (AvgIpc) is 2.66. The second-order valence-electron chi connectivity index (χ2n) is 5.14. The monoisotopic (exact) mass is 375 g/mol. The van der Waals surface area contributed by atoms with E-state index in [2.05, 4.69) is 15.3 Å². The molecule has 0 aliphatic carbocycles. The van der Waals surface area contributed by atoms with E-state index in [1.54, 1.807) is 36.7 Å². The highest BCUT2D eigenvalue weighted by Crippen LogP contribution is 2.15. The lowest BCUT2D eigenvalue weighted by molar-refractivity contribution is -0.139. The van der Waals surface area contributed by atoms with Crippen molar-refractivity contribution in [1.29, 1.82) is 0 Å². The molecular formula is C17H17N3O5S. The van der Waals surface area contributed by atoms with Gasteiger partial charge in [0.1, 0.15) is 5.75 Å². The van der Waals surface area contributed by atoms with Gasteiger partial charge in [0.05, 0.1) is 25.3 Å². The Morgan fingerprint density at radius 2 is 1.96 bits per heavy atom. The van der Waals surface area contributed by atoms with Crippen LogP contribution in [0.1, 0.15) is 16.8 Å². The quantitative estimate of drug-likeness (QED) is 0.499. The van der Waals surface area contributed by atoms with Gasteiger partial charge >= 0.3 is 5.97 Å². The van der Waals surface area contributed by atoms with Gasteiger partial charge in [-0.25, -0.2) is 9.97 Å². The van der Waals surface area contributed by atoms with Crippen LogP contribution < -0.4 is 10.1 Å². The first-order chi connectivity index (χ1) is 12.5. The maximum absolute atomic E-state index is 12.4. The number of carboxylic acids is 1. The molecule has 2 N–H and O–H groups in total. The van der Waals surface area contributed by atoms with E-state index in [0.717, 1.165) is 11.8 Å². The van der Waals surface area contributed by atoms with Crippen molar-refractivity contribution in [2.45, 2.75) is 17.6 Å². The summed E-state index contributed by atoms with van der Waals surface area (Å²) >= 11 is 1.08. The number of amides is 1. The predicted octanol–water partition coefficient (Wildman–Crippen LogP) is 1.42. The molecule has 26 heavy (non-hydrogen) atoms. The highest BCUT2D eigenvalue weighted by Gasteiger charge is 2.24. The molecule has 0 unspecified atom stereocenters. The van der Waals surface area contributed by atoms with Crippen LogP contribution in [0.15, 0.2) is 47.9 Å². The molecule has 0 radical (unpaired) electrons. The lowest BCUT2D eigenvalue weighted by atomic mass is 10.1. The van der Waals surface area contributed by atoms with Crippen molar-refractivity contribution < 1.29 is 24.2 Å². The summed E-state index contributed by atoms with van der Waals surface area (Å²) in [5, 5.41) is 11.9. The Morgan fingerprint density at radius 3 is 2.62 bits per heavy atom. The van der Waals surface area contributed by atoms with E-state index in [0.29, 0.717) is 10.9 Å². The van der Waals surface area contributed by atoms with Crippen LogP contribution in [-0.2, 0) is 9.59 Å². The molecule has 0 fully saturated rings. The van der Waals surface area contributed by atoms with E-state index in [-0.39, 0.29) is 11.3 Å². The smallest absolute Gasteiger partial charge is 0.305 e. The van der Waals surface area contributed by atoms with E-state index in [9.17, 15) is 14.4 Å². The van der Waals surface area contributed by atoms with E-state index >= 15 is 0 Å². The lowest BCUT2D eigenvalue weighted by Gasteiger charge is -2.16. The number of carbonyl (C=O) groups is 3. The summed E-state index contributed by atoms with van der Waals surface area (Å²) in [7, 11) is 1.47. The summed E-state index contributed by atoms with van der Waals surface area (Å²) in [6.07, 6.45) is 2.57. The van der Waals surface area contributed by atoms with Crippen molar-refractivity contribution in [2.75, 3.05) is 12.9 Å². The van der Waals surface area contributed by atoms with Gasteiger partial charge in [-0.15, -0.1) is 0 Å². The number of ketones is 1. The molecule has 1 amide bonds. The van der Waals surface area contributed by atoms with Crippen molar-refractivity contribution in [3.8, 4) is 5.75 Å². The van der Waals surface area contributed by atoms with Gasteiger partial charge in [-0.1, -0.05) is 17.8 Å². The number of hydrogen-bond donors (Lipinski definition) is 2. The second-order valence-corrected chi connectivity index (χ2v) is 6.08. The van der Waals surface area contributed by atoms with Crippen LogP contribution in [-0.4, -0.2) is 51.6 Å². The molecular weight excluding hydrogens is 358 g/mol. The summed E-state index contributed by atoms with van der Waals surface area (Å²) in [4.78, 5) is 43.7. The molecule has 2 aromatic rings. The fraction of sp³-hybridized carbons (Fsp3) is 0.235. The molecule has 2 rings (SSSR count). The first-order valence-electron chi connectivity index (χ1n) is 7.59. The number of thioether (sulfide) groups is 1. The molecule has 1 aromatic heterocycles. The number of carboxylic acid groups (broad SMARTS) is 1. The van der Waals surface area contributed by atoms with Crippen LogP contribution in [0.5, 0.6) is 5.75 Å². The summed E-state index contributed by atoms with van der Waals surface area (Å²) < 4.78 is 5.05. The maximum Gasteiger partial charge on any atom is 0.305 e. The Kier molecular flexibility index (Phi) is 7.10. The van der Waals surface area contributed by atoms with Crippen LogP contribution in [0, 0.1) is 0 Å². The van der Waals surface area contributed by atoms with Gasteiger partial charge in [-0.2, -0.15) is 0 Å². The third-order valence-electron chi connectivity index (χ3n) is 3.29. The maximum atomic E-state index is 12.4. The number of methoxy groups -OCH3 is 1. The minimum Gasteiger partial charge on any atom is -0.497 e. The third-order valence-corrected chi connectivity index (χ3v) is 4.19. The summed E-state index contributed by atoms with van der Waals surface area (Å²) in [6.45, 7) is 0. The minimum atomic E-state index is -1.18. The van der Waals surface area contributed by atoms with Gasteiger partial charge in [0.25, 0.3) is 5.91 Å². The van der Waals surface area contributed by atoms with Crippen molar-refractivity contribution in [3.63, 3.8) is 0 Å². The zero-order valence-electron chi connectivity index (χ0n) is 13.9. The van der Waals surface area contributed by atoms with Gasteiger partial charge in [0, 0.05) is 18.0 Å². The molecule has 1 aromatic carbocycles. The fourth-order valence-electron chi connectivity index (χ4n) is 2.02. The van der Waals surface area contributed by atoms with Gasteiger partial charge in [-0.3, -0.25) is 14.4 Å². The minimum absolute atomic E-state index is 0.0552. The SMILES string of the molecule is COc1cccc(C(=O)N[C@@H](CC(=O)O)C(=O)CSc2ncccn2)c1. The molecule has 1 heterocycles. The zero-order chi connectivity index (χ0) is 18.9. The number of aliphatic carboxylic acids is 1.